The van der Waals surface area contributed by atoms with Crippen molar-refractivity contribution < 1.29 is 34.7 Å². The highest BCUT2D eigenvalue weighted by Gasteiger charge is 2.63. The predicted octanol–water partition coefficient (Wildman–Crippen LogP) is 2.52. The van der Waals surface area contributed by atoms with Crippen molar-refractivity contribution in [3.63, 3.8) is 0 Å². The monoisotopic (exact) mass is 494 g/mol. The Balaban J connectivity index is 1.37. The molecule has 0 aromatic carbocycles. The average molecular weight is 495 g/mol. The van der Waals surface area contributed by atoms with Gasteiger partial charge in [-0.3, -0.25) is 4.79 Å². The number of carbonyl (C=O) groups excluding carboxylic acids is 1. The van der Waals surface area contributed by atoms with Crippen LogP contribution in [0, 0.1) is 52.3 Å². The van der Waals surface area contributed by atoms with E-state index in [9.17, 15) is 25.2 Å². The standard InChI is InChI=1S/C28H46O7/c1-14(23(31)24(32)15(2)28(5)13-35-28)17-6-7-18-16-12-34-25(33)20-10-21(29)22(30)11-27(20,4)19(16)8-9-26(17,18)3/h14-24,29-32H,6-13H2,1-5H3/t14-,15+,16-,17+,18-,19-,20+,21-,22+,23-,24+,26+,27+,28?/m0/s1. The van der Waals surface area contributed by atoms with Gasteiger partial charge in [-0.2, -0.15) is 0 Å². The van der Waals surface area contributed by atoms with Gasteiger partial charge in [-0.25, -0.2) is 0 Å². The summed E-state index contributed by atoms with van der Waals surface area (Å²) in [6, 6.07) is 0. The molecule has 2 aliphatic heterocycles. The molecule has 1 unspecified atom stereocenters. The Bertz CT molecular complexity index is 828. The van der Waals surface area contributed by atoms with Crippen LogP contribution in [0.3, 0.4) is 0 Å². The molecule has 35 heavy (non-hydrogen) atoms. The third kappa shape index (κ3) is 3.91. The van der Waals surface area contributed by atoms with Crippen LogP contribution in [-0.4, -0.2) is 69.6 Å². The van der Waals surface area contributed by atoms with E-state index in [1.165, 1.54) is 0 Å². The van der Waals surface area contributed by atoms with Crippen molar-refractivity contribution >= 4 is 5.97 Å². The van der Waals surface area contributed by atoms with Crippen molar-refractivity contribution in [1.82, 2.24) is 0 Å². The normalized spacial score (nSPS) is 52.7. The molecule has 0 spiro atoms. The van der Waals surface area contributed by atoms with E-state index in [2.05, 4.69) is 20.8 Å². The summed E-state index contributed by atoms with van der Waals surface area (Å²) in [7, 11) is 0. The van der Waals surface area contributed by atoms with E-state index in [0.29, 0.717) is 25.6 Å². The van der Waals surface area contributed by atoms with Gasteiger partial charge in [0.2, 0.25) is 0 Å². The van der Waals surface area contributed by atoms with Crippen LogP contribution in [0.25, 0.3) is 0 Å². The first-order chi connectivity index (χ1) is 16.3. The fourth-order valence-electron chi connectivity index (χ4n) is 9.28. The summed E-state index contributed by atoms with van der Waals surface area (Å²) in [6.45, 7) is 11.6. The van der Waals surface area contributed by atoms with Crippen LogP contribution in [0.1, 0.15) is 73.1 Å². The zero-order valence-electron chi connectivity index (χ0n) is 22.0. The molecule has 200 valence electrons. The van der Waals surface area contributed by atoms with E-state index in [0.717, 1.165) is 25.7 Å². The van der Waals surface area contributed by atoms with Gasteiger partial charge in [-0.1, -0.05) is 27.7 Å². The molecule has 4 N–H and O–H groups in total. The number of rotatable bonds is 5. The Morgan fingerprint density at radius 2 is 1.60 bits per heavy atom. The van der Waals surface area contributed by atoms with Crippen LogP contribution in [0.5, 0.6) is 0 Å². The van der Waals surface area contributed by atoms with Crippen LogP contribution >= 0.6 is 0 Å². The van der Waals surface area contributed by atoms with Crippen molar-refractivity contribution in [2.45, 2.75) is 103 Å². The molecule has 3 saturated carbocycles. The second-order valence-electron chi connectivity index (χ2n) is 13.6. The quantitative estimate of drug-likeness (QED) is 0.342. The summed E-state index contributed by atoms with van der Waals surface area (Å²) < 4.78 is 11.4. The van der Waals surface area contributed by atoms with Gasteiger partial charge >= 0.3 is 5.97 Å². The second-order valence-corrected chi connectivity index (χ2v) is 13.6. The number of cyclic esters (lactones) is 1. The van der Waals surface area contributed by atoms with Crippen LogP contribution in [0.15, 0.2) is 0 Å². The summed E-state index contributed by atoms with van der Waals surface area (Å²) >= 11 is 0. The Morgan fingerprint density at radius 1 is 0.943 bits per heavy atom. The minimum absolute atomic E-state index is 0.0000943. The topological polar surface area (TPSA) is 120 Å². The number of epoxide rings is 1. The summed E-state index contributed by atoms with van der Waals surface area (Å²) in [5, 5.41) is 43.1. The number of carbonyl (C=O) groups is 1. The third-order valence-corrected chi connectivity index (χ3v) is 12.0. The fraction of sp³-hybridized carbons (Fsp3) is 0.964. The number of fused-ring (bicyclic) bond motifs is 5. The Kier molecular flexibility index (Phi) is 6.40. The van der Waals surface area contributed by atoms with Gasteiger partial charge < -0.3 is 29.9 Å². The number of esters is 1. The highest BCUT2D eigenvalue weighted by molar-refractivity contribution is 5.74. The van der Waals surface area contributed by atoms with Crippen LogP contribution < -0.4 is 0 Å². The molecule has 0 amide bonds. The zero-order chi connectivity index (χ0) is 25.5. The smallest absolute Gasteiger partial charge is 0.309 e. The fourth-order valence-corrected chi connectivity index (χ4v) is 9.28. The SMILES string of the molecule is C[C@H]([C@H](O)[C@H](O)[C@@H](C)C1(C)CO1)[C@H]1CC[C@H]2[C@@H]3COC(=O)[C@H]4C[C@H](O)[C@H](O)C[C@]4(C)[C@H]3CC[C@]12C. The highest BCUT2D eigenvalue weighted by Crippen LogP contribution is 2.66. The molecule has 2 saturated heterocycles. The molecule has 7 heteroatoms. The summed E-state index contributed by atoms with van der Waals surface area (Å²) in [6.07, 6.45) is 1.36. The Morgan fingerprint density at radius 3 is 2.26 bits per heavy atom. The minimum Gasteiger partial charge on any atom is -0.465 e. The molecule has 5 rings (SSSR count). The predicted molar refractivity (Wildman–Crippen MR) is 129 cm³/mol. The highest BCUT2D eigenvalue weighted by atomic mass is 16.6. The number of hydrogen-bond donors (Lipinski definition) is 4. The summed E-state index contributed by atoms with van der Waals surface area (Å²) in [4.78, 5) is 13.0. The maximum atomic E-state index is 13.0. The molecule has 5 fully saturated rings. The molecule has 7 nitrogen and oxygen atoms in total. The largest absolute Gasteiger partial charge is 0.465 e. The molecule has 2 heterocycles. The van der Waals surface area contributed by atoms with Gasteiger partial charge in [-0.15, -0.1) is 0 Å². The number of aliphatic hydroxyl groups excluding tert-OH is 4. The number of ether oxygens (including phenoxy) is 2. The molecule has 0 aromatic heterocycles. The van der Waals surface area contributed by atoms with E-state index < -0.39 is 24.4 Å². The molecule has 0 bridgehead atoms. The Hall–Kier alpha value is -0.730. The lowest BCUT2D eigenvalue weighted by molar-refractivity contribution is -0.162. The maximum Gasteiger partial charge on any atom is 0.309 e. The molecule has 3 aliphatic carbocycles. The van der Waals surface area contributed by atoms with E-state index in [1.807, 2.05) is 13.8 Å². The van der Waals surface area contributed by atoms with Gasteiger partial charge in [0.05, 0.1) is 49.1 Å². The van der Waals surface area contributed by atoms with Crippen LogP contribution in [0.4, 0.5) is 0 Å². The minimum atomic E-state index is -0.874. The van der Waals surface area contributed by atoms with Crippen LogP contribution in [0.2, 0.25) is 0 Å². The molecule has 14 atom stereocenters. The van der Waals surface area contributed by atoms with E-state index >= 15 is 0 Å². The lowest BCUT2D eigenvalue weighted by Gasteiger charge is -2.56. The van der Waals surface area contributed by atoms with Crippen LogP contribution in [-0.2, 0) is 14.3 Å². The maximum absolute atomic E-state index is 13.0. The van der Waals surface area contributed by atoms with Crippen molar-refractivity contribution in [3.8, 4) is 0 Å². The van der Waals surface area contributed by atoms with Gasteiger partial charge in [0.25, 0.3) is 0 Å². The first-order valence-electron chi connectivity index (χ1n) is 13.9. The van der Waals surface area contributed by atoms with Gasteiger partial charge in [0.15, 0.2) is 0 Å². The molecular weight excluding hydrogens is 448 g/mol. The number of hydrogen-bond acceptors (Lipinski definition) is 7. The zero-order valence-corrected chi connectivity index (χ0v) is 22.0. The summed E-state index contributed by atoms with van der Waals surface area (Å²) in [5.41, 5.74) is -0.721. The lowest BCUT2D eigenvalue weighted by atomic mass is 9.48. The second kappa shape index (κ2) is 8.65. The molecule has 0 radical (unpaired) electrons. The van der Waals surface area contributed by atoms with E-state index in [4.69, 9.17) is 9.47 Å². The third-order valence-electron chi connectivity index (χ3n) is 12.0. The van der Waals surface area contributed by atoms with Crippen molar-refractivity contribution in [2.75, 3.05) is 13.2 Å². The first-order valence-corrected chi connectivity index (χ1v) is 13.9. The average Bonchev–Trinajstić information content (AvgIpc) is 3.49. The van der Waals surface area contributed by atoms with Gasteiger partial charge in [0.1, 0.15) is 0 Å². The van der Waals surface area contributed by atoms with Crippen molar-refractivity contribution in [3.05, 3.63) is 0 Å². The van der Waals surface area contributed by atoms with Gasteiger partial charge in [0, 0.05) is 5.92 Å². The number of aliphatic hydroxyl groups is 4. The van der Waals surface area contributed by atoms with E-state index in [1.54, 1.807) is 0 Å². The molecule has 5 aliphatic rings. The van der Waals surface area contributed by atoms with E-state index in [-0.39, 0.29) is 64.3 Å². The first kappa shape index (κ1) is 25.9. The van der Waals surface area contributed by atoms with Crippen molar-refractivity contribution in [2.24, 2.45) is 52.3 Å². The summed E-state index contributed by atoms with van der Waals surface area (Å²) in [5.74, 6) is 0.340. The Labute approximate surface area is 209 Å². The molecule has 0 aromatic rings. The van der Waals surface area contributed by atoms with Gasteiger partial charge in [-0.05, 0) is 85.9 Å². The lowest BCUT2D eigenvalue weighted by Crippen LogP contribution is -2.55. The molecular formula is C28H46O7. The van der Waals surface area contributed by atoms with Crippen molar-refractivity contribution in [1.29, 1.82) is 0 Å².